The highest BCUT2D eigenvalue weighted by Crippen LogP contribution is 2.20. The fourth-order valence-corrected chi connectivity index (χ4v) is 2.76. The van der Waals surface area contributed by atoms with Gasteiger partial charge in [0.15, 0.2) is 5.75 Å². The molecule has 0 aliphatic heterocycles. The Morgan fingerprint density at radius 3 is 2.62 bits per heavy atom. The van der Waals surface area contributed by atoms with Gasteiger partial charge in [0.1, 0.15) is 12.4 Å². The minimum Gasteiger partial charge on any atom is -0.483 e. The van der Waals surface area contributed by atoms with E-state index in [9.17, 15) is 14.3 Å². The molecule has 1 N–H and O–H groups in total. The molecule has 4 nitrogen and oxygen atoms in total. The predicted molar refractivity (Wildman–Crippen MR) is 97.6 cm³/mol. The number of hydrogen-bond acceptors (Lipinski definition) is 3. The Labute approximate surface area is 151 Å². The summed E-state index contributed by atoms with van der Waals surface area (Å²) in [5.41, 5.74) is 1.84. The molecule has 0 amide bonds. The van der Waals surface area contributed by atoms with Gasteiger partial charge in [-0.15, -0.1) is 0 Å². The van der Waals surface area contributed by atoms with Crippen LogP contribution in [0.25, 0.3) is 0 Å². The molecule has 1 heterocycles. The summed E-state index contributed by atoms with van der Waals surface area (Å²) in [4.78, 5) is 12.2. The number of nitrogens with zero attached hydrogens (tertiary/aromatic N) is 1. The topological polar surface area (TPSA) is 51.5 Å². The predicted octanol–water partition coefficient (Wildman–Crippen LogP) is 3.61. The van der Waals surface area contributed by atoms with E-state index in [2.05, 4.69) is 0 Å². The van der Waals surface area contributed by atoms with Crippen molar-refractivity contribution in [1.29, 1.82) is 0 Å². The lowest BCUT2D eigenvalue weighted by Crippen LogP contribution is -2.17. The second-order valence-corrected chi connectivity index (χ2v) is 6.09. The first-order chi connectivity index (χ1) is 12.5. The van der Waals surface area contributed by atoms with E-state index in [4.69, 9.17) is 4.74 Å². The average Bonchev–Trinajstić information content (AvgIpc) is 2.65. The second-order valence-electron chi connectivity index (χ2n) is 6.09. The molecule has 1 atom stereocenters. The molecule has 0 spiro atoms. The maximum Gasteiger partial charge on any atom is 0.223 e. The van der Waals surface area contributed by atoms with Gasteiger partial charge in [-0.25, -0.2) is 4.39 Å². The molecule has 0 radical (unpaired) electrons. The minimum atomic E-state index is -0.895. The van der Waals surface area contributed by atoms with Crippen LogP contribution in [-0.2, 0) is 13.2 Å². The summed E-state index contributed by atoms with van der Waals surface area (Å²) in [6.45, 7) is 2.24. The minimum absolute atomic E-state index is 0.192. The Hall–Kier alpha value is -2.92. The average molecular weight is 353 g/mol. The molecule has 0 saturated heterocycles. The van der Waals surface area contributed by atoms with Crippen molar-refractivity contribution < 1.29 is 14.2 Å². The number of aliphatic hydroxyl groups is 1. The summed E-state index contributed by atoms with van der Waals surface area (Å²) in [5.74, 6) is -0.146. The smallest absolute Gasteiger partial charge is 0.223 e. The molecule has 3 aromatic rings. The van der Waals surface area contributed by atoms with Crippen LogP contribution in [0.4, 0.5) is 4.39 Å². The van der Waals surface area contributed by atoms with Gasteiger partial charge in [0.2, 0.25) is 5.43 Å². The number of aromatic nitrogens is 1. The number of halogens is 1. The van der Waals surface area contributed by atoms with Gasteiger partial charge < -0.3 is 14.4 Å². The number of pyridine rings is 1. The molecule has 2 aromatic carbocycles. The van der Waals surface area contributed by atoms with E-state index in [0.717, 1.165) is 5.56 Å². The maximum absolute atomic E-state index is 13.3. The van der Waals surface area contributed by atoms with E-state index in [1.807, 2.05) is 30.3 Å². The van der Waals surface area contributed by atoms with Gasteiger partial charge in [0.05, 0.1) is 18.3 Å². The number of benzene rings is 2. The van der Waals surface area contributed by atoms with Crippen molar-refractivity contribution in [2.45, 2.75) is 26.2 Å². The fourth-order valence-electron chi connectivity index (χ4n) is 2.76. The maximum atomic E-state index is 13.3. The van der Waals surface area contributed by atoms with E-state index >= 15 is 0 Å². The lowest BCUT2D eigenvalue weighted by atomic mass is 10.1. The molecule has 1 aromatic heterocycles. The molecular weight excluding hydrogens is 333 g/mol. The Kier molecular flexibility index (Phi) is 5.49. The molecule has 3 rings (SSSR count). The molecule has 0 bridgehead atoms. The molecule has 0 unspecified atom stereocenters. The van der Waals surface area contributed by atoms with E-state index in [1.165, 1.54) is 18.2 Å². The van der Waals surface area contributed by atoms with Gasteiger partial charge in [-0.2, -0.15) is 0 Å². The largest absolute Gasteiger partial charge is 0.483 e. The van der Waals surface area contributed by atoms with Crippen LogP contribution in [0, 0.1) is 12.7 Å². The highest BCUT2D eigenvalue weighted by molar-refractivity contribution is 5.28. The summed E-state index contributed by atoms with van der Waals surface area (Å²) in [7, 11) is 0. The Morgan fingerprint density at radius 1 is 1.12 bits per heavy atom. The zero-order valence-electron chi connectivity index (χ0n) is 14.4. The van der Waals surface area contributed by atoms with Crippen LogP contribution in [0.3, 0.4) is 0 Å². The van der Waals surface area contributed by atoms with Crippen molar-refractivity contribution >= 4 is 0 Å². The van der Waals surface area contributed by atoms with Crippen molar-refractivity contribution in [3.05, 3.63) is 99.7 Å². The van der Waals surface area contributed by atoms with Gasteiger partial charge in [-0.1, -0.05) is 42.5 Å². The van der Waals surface area contributed by atoms with Gasteiger partial charge in [0.25, 0.3) is 0 Å². The Balaban J connectivity index is 1.79. The summed E-state index contributed by atoms with van der Waals surface area (Å²) in [6.07, 6.45) is 0.712. The third-order valence-corrected chi connectivity index (χ3v) is 4.22. The van der Waals surface area contributed by atoms with Crippen LogP contribution in [-0.4, -0.2) is 9.67 Å². The van der Waals surface area contributed by atoms with Crippen LogP contribution in [0.1, 0.15) is 22.9 Å². The molecular formula is C21H20FNO3. The van der Waals surface area contributed by atoms with E-state index in [1.54, 1.807) is 29.8 Å². The fraction of sp³-hybridized carbons (Fsp3) is 0.190. The summed E-state index contributed by atoms with van der Waals surface area (Å²) < 4.78 is 20.8. The third-order valence-electron chi connectivity index (χ3n) is 4.22. The van der Waals surface area contributed by atoms with Gasteiger partial charge >= 0.3 is 0 Å². The molecule has 5 heteroatoms. The third kappa shape index (κ3) is 4.18. The van der Waals surface area contributed by atoms with Crippen LogP contribution in [0.2, 0.25) is 0 Å². The SMILES string of the molecule is Cc1c(OCc2ccccc2)c(=O)ccn1C[C@H](O)c1cccc(F)c1. The van der Waals surface area contributed by atoms with Gasteiger partial charge in [-0.3, -0.25) is 4.79 Å². The first-order valence-electron chi connectivity index (χ1n) is 8.35. The number of hydrogen-bond donors (Lipinski definition) is 1. The lowest BCUT2D eigenvalue weighted by molar-refractivity contribution is 0.154. The van der Waals surface area contributed by atoms with E-state index in [-0.39, 0.29) is 24.3 Å². The van der Waals surface area contributed by atoms with Crippen LogP contribution in [0.5, 0.6) is 5.75 Å². The van der Waals surface area contributed by atoms with Crippen LogP contribution < -0.4 is 10.2 Å². The zero-order chi connectivity index (χ0) is 18.5. The van der Waals surface area contributed by atoms with Crippen LogP contribution >= 0.6 is 0 Å². The highest BCUT2D eigenvalue weighted by atomic mass is 19.1. The van der Waals surface area contributed by atoms with Crippen molar-refractivity contribution in [1.82, 2.24) is 4.57 Å². The Bertz CT molecular complexity index is 937. The van der Waals surface area contributed by atoms with E-state index < -0.39 is 11.9 Å². The summed E-state index contributed by atoms with van der Waals surface area (Å²) in [6, 6.07) is 16.8. The highest BCUT2D eigenvalue weighted by Gasteiger charge is 2.14. The van der Waals surface area contributed by atoms with Crippen molar-refractivity contribution in [2.24, 2.45) is 0 Å². The molecule has 26 heavy (non-hydrogen) atoms. The number of rotatable bonds is 6. The standard InChI is InChI=1S/C21H20FNO3/c1-15-21(26-14-16-6-3-2-4-7-16)19(24)10-11-23(15)13-20(25)17-8-5-9-18(22)12-17/h2-12,20,25H,13-14H2,1H3/t20-/m0/s1. The second kappa shape index (κ2) is 7.97. The van der Waals surface area contributed by atoms with E-state index in [0.29, 0.717) is 11.3 Å². The quantitative estimate of drug-likeness (QED) is 0.737. The first kappa shape index (κ1) is 17.9. The molecule has 134 valence electrons. The number of ether oxygens (including phenoxy) is 1. The molecule has 0 saturated carbocycles. The first-order valence-corrected chi connectivity index (χ1v) is 8.35. The van der Waals surface area contributed by atoms with Crippen molar-refractivity contribution in [3.63, 3.8) is 0 Å². The summed E-state index contributed by atoms with van der Waals surface area (Å²) in [5, 5.41) is 10.4. The van der Waals surface area contributed by atoms with Gasteiger partial charge in [0, 0.05) is 12.3 Å². The lowest BCUT2D eigenvalue weighted by Gasteiger charge is -2.18. The molecule has 0 aliphatic rings. The molecule has 0 aliphatic carbocycles. The summed E-state index contributed by atoms with van der Waals surface area (Å²) >= 11 is 0. The monoisotopic (exact) mass is 353 g/mol. The number of aliphatic hydroxyl groups excluding tert-OH is 1. The normalized spacial score (nSPS) is 12.0. The van der Waals surface area contributed by atoms with Crippen molar-refractivity contribution in [3.8, 4) is 5.75 Å². The Morgan fingerprint density at radius 2 is 1.88 bits per heavy atom. The van der Waals surface area contributed by atoms with Crippen LogP contribution in [0.15, 0.2) is 71.7 Å². The van der Waals surface area contributed by atoms with Gasteiger partial charge in [-0.05, 0) is 30.2 Å². The van der Waals surface area contributed by atoms with Crippen molar-refractivity contribution in [2.75, 3.05) is 0 Å². The molecule has 0 fully saturated rings. The zero-order valence-corrected chi connectivity index (χ0v) is 14.4.